The Balaban J connectivity index is 1.51. The molecule has 34 heavy (non-hydrogen) atoms. The van der Waals surface area contributed by atoms with Crippen molar-refractivity contribution in [2.24, 2.45) is 5.73 Å². The minimum absolute atomic E-state index is 0.200. The Bertz CT molecular complexity index is 1160. The summed E-state index contributed by atoms with van der Waals surface area (Å²) in [6.07, 6.45) is 2.36. The lowest BCUT2D eigenvalue weighted by molar-refractivity contribution is 0.0949. The molecule has 0 atom stereocenters. The van der Waals surface area contributed by atoms with Gasteiger partial charge in [-0.25, -0.2) is 0 Å². The van der Waals surface area contributed by atoms with Gasteiger partial charge in [-0.2, -0.15) is 0 Å². The first-order valence-electron chi connectivity index (χ1n) is 11.5. The highest BCUT2D eigenvalue weighted by molar-refractivity contribution is 6.31. The van der Waals surface area contributed by atoms with Crippen LogP contribution in [0.4, 0.5) is 5.69 Å². The molecule has 6 nitrogen and oxygen atoms in total. The largest absolute Gasteiger partial charge is 0.348 e. The monoisotopic (exact) mass is 476 g/mol. The lowest BCUT2D eigenvalue weighted by atomic mass is 10.1. The second-order valence-corrected chi connectivity index (χ2v) is 8.96. The summed E-state index contributed by atoms with van der Waals surface area (Å²) in [5.41, 5.74) is 10.3. The van der Waals surface area contributed by atoms with Crippen molar-refractivity contribution in [2.45, 2.75) is 32.5 Å². The van der Waals surface area contributed by atoms with E-state index in [1.165, 1.54) is 12.8 Å². The van der Waals surface area contributed by atoms with Crippen molar-refractivity contribution in [1.82, 2.24) is 10.2 Å². The minimum Gasteiger partial charge on any atom is -0.348 e. The van der Waals surface area contributed by atoms with E-state index in [1.54, 1.807) is 30.3 Å². The summed E-state index contributed by atoms with van der Waals surface area (Å²) >= 11 is 6.06. The quantitative estimate of drug-likeness (QED) is 0.444. The maximum atomic E-state index is 12.9. The summed E-state index contributed by atoms with van der Waals surface area (Å²) in [5, 5.41) is 6.45. The third kappa shape index (κ3) is 6.23. The molecule has 3 aromatic carbocycles. The summed E-state index contributed by atoms with van der Waals surface area (Å²) < 4.78 is 0. The van der Waals surface area contributed by atoms with Crippen molar-refractivity contribution in [2.75, 3.05) is 18.4 Å². The van der Waals surface area contributed by atoms with E-state index in [-0.39, 0.29) is 11.8 Å². The van der Waals surface area contributed by atoms with E-state index in [1.807, 2.05) is 36.4 Å². The smallest absolute Gasteiger partial charge is 0.255 e. The molecular weight excluding hydrogens is 448 g/mol. The van der Waals surface area contributed by atoms with E-state index in [2.05, 4.69) is 15.5 Å². The molecular formula is C27H29ClN4O2. The second kappa shape index (κ2) is 11.3. The van der Waals surface area contributed by atoms with Crippen molar-refractivity contribution < 1.29 is 9.59 Å². The number of halogens is 1. The fourth-order valence-electron chi connectivity index (χ4n) is 4.06. The summed E-state index contributed by atoms with van der Waals surface area (Å²) in [6, 6.07) is 20.1. The molecule has 0 unspecified atom stereocenters. The standard InChI is InChI=1S/C27H29ClN4O2/c28-24-5-3-4-21(14-24)27(34)31-25-15-22(10-11-23(25)18-32-12-1-2-13-32)26(33)30-17-20-8-6-19(16-29)7-9-20/h3-11,14-15H,1-2,12-13,16-18,29H2,(H,30,33)(H,31,34). The number of benzene rings is 3. The van der Waals surface area contributed by atoms with Gasteiger partial charge in [0, 0.05) is 41.5 Å². The molecule has 1 saturated heterocycles. The number of anilines is 1. The molecule has 1 aliphatic rings. The number of likely N-dealkylation sites (tertiary alicyclic amines) is 1. The van der Waals surface area contributed by atoms with Gasteiger partial charge in [0.2, 0.25) is 0 Å². The lowest BCUT2D eigenvalue weighted by Gasteiger charge is -2.19. The van der Waals surface area contributed by atoms with Crippen LogP contribution in [0.5, 0.6) is 0 Å². The number of hydrogen-bond acceptors (Lipinski definition) is 4. The number of amides is 2. The van der Waals surface area contributed by atoms with Crippen LogP contribution in [-0.2, 0) is 19.6 Å². The summed E-state index contributed by atoms with van der Waals surface area (Å²) in [5.74, 6) is -0.461. The highest BCUT2D eigenvalue weighted by Crippen LogP contribution is 2.23. The zero-order chi connectivity index (χ0) is 23.9. The molecule has 0 aliphatic carbocycles. The van der Waals surface area contributed by atoms with Gasteiger partial charge in [-0.05, 0) is 73.0 Å². The van der Waals surface area contributed by atoms with Crippen LogP contribution >= 0.6 is 11.6 Å². The van der Waals surface area contributed by atoms with Crippen molar-refractivity contribution in [3.8, 4) is 0 Å². The maximum absolute atomic E-state index is 12.9. The molecule has 0 radical (unpaired) electrons. The van der Waals surface area contributed by atoms with E-state index in [9.17, 15) is 9.59 Å². The first-order chi connectivity index (χ1) is 16.5. The van der Waals surface area contributed by atoms with Crippen LogP contribution < -0.4 is 16.4 Å². The fraction of sp³-hybridized carbons (Fsp3) is 0.259. The molecule has 0 spiro atoms. The molecule has 4 rings (SSSR count). The number of carbonyl (C=O) groups excluding carboxylic acids is 2. The van der Waals surface area contributed by atoms with Gasteiger partial charge in [0.15, 0.2) is 0 Å². The molecule has 1 fully saturated rings. The van der Waals surface area contributed by atoms with Gasteiger partial charge in [-0.3, -0.25) is 14.5 Å². The predicted molar refractivity (Wildman–Crippen MR) is 136 cm³/mol. The molecule has 0 saturated carbocycles. The Hall–Kier alpha value is -3.19. The van der Waals surface area contributed by atoms with Crippen molar-refractivity contribution in [1.29, 1.82) is 0 Å². The van der Waals surface area contributed by atoms with Crippen molar-refractivity contribution >= 4 is 29.1 Å². The molecule has 176 valence electrons. The van der Waals surface area contributed by atoms with Gasteiger partial charge in [0.05, 0.1) is 0 Å². The number of nitrogens with zero attached hydrogens (tertiary/aromatic N) is 1. The van der Waals surface area contributed by atoms with Crippen LogP contribution in [0, 0.1) is 0 Å². The summed E-state index contributed by atoms with van der Waals surface area (Å²) in [6.45, 7) is 3.68. The Morgan fingerprint density at radius 2 is 1.59 bits per heavy atom. The molecule has 4 N–H and O–H groups in total. The maximum Gasteiger partial charge on any atom is 0.255 e. The number of carbonyl (C=O) groups is 2. The zero-order valence-electron chi connectivity index (χ0n) is 19.0. The number of hydrogen-bond donors (Lipinski definition) is 3. The van der Waals surface area contributed by atoms with E-state index >= 15 is 0 Å². The van der Waals surface area contributed by atoms with Crippen LogP contribution in [0.3, 0.4) is 0 Å². The zero-order valence-corrected chi connectivity index (χ0v) is 19.8. The van der Waals surface area contributed by atoms with Crippen molar-refractivity contribution in [3.05, 3.63) is 99.6 Å². The van der Waals surface area contributed by atoms with Gasteiger partial charge >= 0.3 is 0 Å². The number of nitrogens with two attached hydrogens (primary N) is 1. The topological polar surface area (TPSA) is 87.5 Å². The van der Waals surface area contributed by atoms with Gasteiger partial charge < -0.3 is 16.4 Å². The molecule has 2 amide bonds. The van der Waals surface area contributed by atoms with Gasteiger partial charge in [-0.1, -0.05) is 48.0 Å². The highest BCUT2D eigenvalue weighted by Gasteiger charge is 2.17. The van der Waals surface area contributed by atoms with Crippen LogP contribution in [-0.4, -0.2) is 29.8 Å². The lowest BCUT2D eigenvalue weighted by Crippen LogP contribution is -2.24. The average Bonchev–Trinajstić information content (AvgIpc) is 3.37. The number of rotatable bonds is 8. The van der Waals surface area contributed by atoms with Gasteiger partial charge in [0.1, 0.15) is 0 Å². The molecule has 1 heterocycles. The summed E-state index contributed by atoms with van der Waals surface area (Å²) in [7, 11) is 0. The van der Waals surface area contributed by atoms with E-state index in [0.717, 1.165) is 36.3 Å². The molecule has 0 bridgehead atoms. The van der Waals surface area contributed by atoms with E-state index in [0.29, 0.717) is 34.9 Å². The SMILES string of the molecule is NCc1ccc(CNC(=O)c2ccc(CN3CCCC3)c(NC(=O)c3cccc(Cl)c3)c2)cc1. The fourth-order valence-corrected chi connectivity index (χ4v) is 4.25. The molecule has 0 aromatic heterocycles. The molecule has 3 aromatic rings. The van der Waals surface area contributed by atoms with Crippen LogP contribution in [0.15, 0.2) is 66.7 Å². The van der Waals surface area contributed by atoms with Crippen LogP contribution in [0.25, 0.3) is 0 Å². The highest BCUT2D eigenvalue weighted by atomic mass is 35.5. The number of nitrogens with one attached hydrogen (secondary N) is 2. The molecule has 7 heteroatoms. The second-order valence-electron chi connectivity index (χ2n) is 8.52. The first-order valence-corrected chi connectivity index (χ1v) is 11.9. The predicted octanol–water partition coefficient (Wildman–Crippen LogP) is 4.58. The van der Waals surface area contributed by atoms with E-state index < -0.39 is 0 Å². The van der Waals surface area contributed by atoms with Gasteiger partial charge in [0.25, 0.3) is 11.8 Å². The van der Waals surface area contributed by atoms with Crippen LogP contribution in [0.1, 0.15) is 50.2 Å². The summed E-state index contributed by atoms with van der Waals surface area (Å²) in [4.78, 5) is 28.1. The third-order valence-corrected chi connectivity index (χ3v) is 6.25. The average molecular weight is 477 g/mol. The normalized spacial score (nSPS) is 13.6. The first kappa shape index (κ1) is 24.0. The van der Waals surface area contributed by atoms with E-state index in [4.69, 9.17) is 17.3 Å². The van der Waals surface area contributed by atoms with Crippen molar-refractivity contribution in [3.63, 3.8) is 0 Å². The Labute approximate surface area is 205 Å². The Morgan fingerprint density at radius 1 is 0.882 bits per heavy atom. The Morgan fingerprint density at radius 3 is 2.29 bits per heavy atom. The Kier molecular flexibility index (Phi) is 7.95. The van der Waals surface area contributed by atoms with Crippen LogP contribution in [0.2, 0.25) is 5.02 Å². The molecule has 1 aliphatic heterocycles. The third-order valence-electron chi connectivity index (χ3n) is 6.01. The van der Waals surface area contributed by atoms with Gasteiger partial charge in [-0.15, -0.1) is 0 Å². The minimum atomic E-state index is -0.261.